The average molecular weight is 1700 g/mol. The fraction of sp³-hybridized carbons (Fsp3) is 0.534. The van der Waals surface area contributed by atoms with Crippen molar-refractivity contribution in [3.63, 3.8) is 0 Å². The predicted octanol–water partition coefficient (Wildman–Crippen LogP) is -5.56. The number of aromatic hydroxyl groups is 1. The van der Waals surface area contributed by atoms with Crippen molar-refractivity contribution in [3.05, 3.63) is 83.9 Å². The Bertz CT molecular complexity index is 4010. The predicted molar refractivity (Wildman–Crippen MR) is 418 cm³/mol. The van der Waals surface area contributed by atoms with Crippen LogP contribution in [0.3, 0.4) is 0 Å². The number of nitrogens with one attached hydrogen (secondary N) is 13. The number of likely N-dealkylation sites (tertiary alicyclic amines) is 1. The quantitative estimate of drug-likeness (QED) is 0.0234. The van der Waals surface area contributed by atoms with E-state index in [2.05, 4.69) is 86.4 Å². The summed E-state index contributed by atoms with van der Waals surface area (Å²) in [6, 6.07) is -9.43. The third kappa shape index (κ3) is 34.4. The van der Waals surface area contributed by atoms with E-state index in [9.17, 15) is 127 Å². The first-order valence-electron chi connectivity index (χ1n) is 37.3. The SMILES string of the molecule is CSCC[C@H](NC(=O)[C@H](CCC(=O)O)NC(=O)[C@H](CC(=O)O)NC(=O)[C@@H](N)Cc1ccccc1)C(=O)N[C@@H](CCC(=O)O)C(=O)N[C@@H](CCC(=O)O)C(=O)N[C@@H](CS)C(=O)N[C@@H](CO)C(=O)N[C@@H](CCC(N)=O)C(=O)N[C@@H](Cc1cnc[nH]1)C(=O)N[C@@H](CC(C)C)C(=O)N1CCC[C@H]1C(=O)N[C@@H](Cc1ccc(O)cc1)C(=O)N[C@@H](C)C(=O)O. The number of aromatic amines is 1. The molecule has 1 saturated heterocycles. The number of amides is 14. The van der Waals surface area contributed by atoms with E-state index < -0.39 is 267 Å². The van der Waals surface area contributed by atoms with Crippen molar-refractivity contribution < 1.29 is 127 Å². The smallest absolute Gasteiger partial charge is 0.325 e. The summed E-state index contributed by atoms with van der Waals surface area (Å²) >= 11 is 5.27. The van der Waals surface area contributed by atoms with E-state index in [0.717, 1.165) is 11.8 Å². The molecule has 14 atom stereocenters. The second-order valence-electron chi connectivity index (χ2n) is 28.1. The fourth-order valence-electron chi connectivity index (χ4n) is 11.9. The van der Waals surface area contributed by atoms with Crippen LogP contribution in [0.4, 0.5) is 0 Å². The number of aliphatic carboxylic acids is 5. The molecule has 0 saturated carbocycles. The lowest BCUT2D eigenvalue weighted by atomic mass is 10.0. The summed E-state index contributed by atoms with van der Waals surface area (Å²) < 4.78 is 0. The maximum Gasteiger partial charge on any atom is 0.325 e. The molecule has 0 radical (unpaired) electrons. The van der Waals surface area contributed by atoms with Crippen LogP contribution in [-0.2, 0) is 110 Å². The summed E-state index contributed by atoms with van der Waals surface area (Å²) in [6.45, 7) is 3.40. The van der Waals surface area contributed by atoms with Gasteiger partial charge in [-0.25, -0.2) is 4.98 Å². The number of thioether (sulfide) groups is 1. The molecular weight excluding hydrogens is 1600 g/mol. The highest BCUT2D eigenvalue weighted by atomic mass is 32.2. The second kappa shape index (κ2) is 49.8. The number of carbonyl (C=O) groups excluding carboxylic acids is 14. The number of hydrogen-bond donors (Lipinski definition) is 23. The zero-order valence-corrected chi connectivity index (χ0v) is 66.7. The Morgan fingerprint density at radius 1 is 0.508 bits per heavy atom. The highest BCUT2D eigenvalue weighted by molar-refractivity contribution is 7.98. The van der Waals surface area contributed by atoms with E-state index >= 15 is 0 Å². The van der Waals surface area contributed by atoms with E-state index in [-0.39, 0.29) is 74.6 Å². The van der Waals surface area contributed by atoms with Gasteiger partial charge in [0.05, 0.1) is 25.4 Å². The van der Waals surface area contributed by atoms with Crippen molar-refractivity contribution >= 4 is 137 Å². The molecule has 1 fully saturated rings. The number of carboxylic acid groups (broad SMARTS) is 5. The Balaban J connectivity index is 1.54. The van der Waals surface area contributed by atoms with Crippen LogP contribution >= 0.6 is 24.4 Å². The monoisotopic (exact) mass is 1700 g/mol. The minimum Gasteiger partial charge on any atom is -0.508 e. The molecule has 0 bridgehead atoms. The molecule has 1 aromatic heterocycles. The van der Waals surface area contributed by atoms with Gasteiger partial charge in [0.25, 0.3) is 0 Å². The van der Waals surface area contributed by atoms with Gasteiger partial charge in [0.1, 0.15) is 84.3 Å². The molecule has 4 rings (SSSR count). The van der Waals surface area contributed by atoms with E-state index in [1.54, 1.807) is 50.4 Å². The molecule has 1 aliphatic rings. The van der Waals surface area contributed by atoms with Gasteiger partial charge < -0.3 is 121 Å². The number of nitrogens with zero attached hydrogens (tertiary/aromatic N) is 2. The molecular formula is C73H103N17O26S2. The standard InChI is InChI=1S/C73H103N17O26S2/c1-36(2)27-51(72(114)90-25-8-11-54(90)71(113)86-48(66(108)78-37(3)73(115)116)29-39-12-14-41(92)15-13-39)87-67(109)49(30-40-32-76-35-77-40)85-63(105)43(16-20-55(75)93)82-69(111)52(33-91)88-70(112)53(34-117)89-64(106)46(19-23-58(98)99)79-61(103)44(17-21-56(94)95)80-65(107)47(24-26-118-4)83-62(104)45(18-22-57(96)97)81-68(110)50(31-59(100)101)84-60(102)42(74)28-38-9-6-5-7-10-38/h5-7,9-10,12-15,32,35-37,42-54,91-92,117H,8,11,16-31,33-34,74H2,1-4H3,(H2,75,93)(H,76,77)(H,78,108)(H,79,103)(H,80,107)(H,81,110)(H,82,111)(H,83,104)(H,84,102)(H,85,105)(H,86,113)(H,87,109)(H,88,112)(H,89,106)(H,94,95)(H,96,97)(H,98,99)(H,100,101)(H,115,116)/t37-,42-,43-,44-,45-,46-,47-,48-,49-,50-,51-,52-,53-,54-/m0/s1. The number of carboxylic acids is 5. The minimum atomic E-state index is -2.03. The zero-order valence-electron chi connectivity index (χ0n) is 64.9. The lowest BCUT2D eigenvalue weighted by Gasteiger charge is -2.31. The molecule has 648 valence electrons. The van der Waals surface area contributed by atoms with Crippen molar-refractivity contribution in [2.24, 2.45) is 17.4 Å². The number of carbonyl (C=O) groups is 19. The highest BCUT2D eigenvalue weighted by Gasteiger charge is 2.42. The number of aromatic nitrogens is 2. The van der Waals surface area contributed by atoms with Crippen LogP contribution in [0.15, 0.2) is 67.1 Å². The van der Waals surface area contributed by atoms with Gasteiger partial charge in [-0.05, 0) is 106 Å². The number of hydrogen-bond acceptors (Lipinski definition) is 25. The summed E-state index contributed by atoms with van der Waals surface area (Å²) in [7, 11) is 0. The molecule has 0 aliphatic carbocycles. The van der Waals surface area contributed by atoms with Crippen molar-refractivity contribution in [1.29, 1.82) is 0 Å². The van der Waals surface area contributed by atoms with Gasteiger partial charge in [-0.2, -0.15) is 24.4 Å². The number of thiol groups is 1. The summed E-state index contributed by atoms with van der Waals surface area (Å²) in [5, 5.41) is 96.6. The number of benzene rings is 2. The molecule has 0 unspecified atom stereocenters. The maximum absolute atomic E-state index is 14.7. The number of imidazole rings is 1. The Morgan fingerprint density at radius 2 is 0.932 bits per heavy atom. The Hall–Kier alpha value is -12.0. The summed E-state index contributed by atoms with van der Waals surface area (Å²) in [5.74, 6) is -24.1. The van der Waals surface area contributed by atoms with Crippen LogP contribution in [0, 0.1) is 5.92 Å². The fourth-order valence-corrected chi connectivity index (χ4v) is 12.6. The van der Waals surface area contributed by atoms with Crippen molar-refractivity contribution in [1.82, 2.24) is 78.7 Å². The van der Waals surface area contributed by atoms with Crippen LogP contribution in [0.5, 0.6) is 5.75 Å². The maximum atomic E-state index is 14.7. The second-order valence-corrected chi connectivity index (χ2v) is 29.4. The van der Waals surface area contributed by atoms with E-state index in [1.807, 2.05) is 0 Å². The zero-order chi connectivity index (χ0) is 88.0. The lowest BCUT2D eigenvalue weighted by Crippen LogP contribution is -2.61. The molecule has 14 amide bonds. The van der Waals surface area contributed by atoms with Crippen LogP contribution < -0.4 is 75.3 Å². The third-order valence-electron chi connectivity index (χ3n) is 18.2. The molecule has 118 heavy (non-hydrogen) atoms. The lowest BCUT2D eigenvalue weighted by molar-refractivity contribution is -0.143. The summed E-state index contributed by atoms with van der Waals surface area (Å²) in [6.07, 6.45) is -3.44. The first kappa shape index (κ1) is 98.4. The molecule has 3 aromatic rings. The Kier molecular flexibility index (Phi) is 41.5. The van der Waals surface area contributed by atoms with Gasteiger partial charge in [-0.3, -0.25) is 91.1 Å². The first-order valence-corrected chi connectivity index (χ1v) is 39.4. The molecule has 1 aliphatic heterocycles. The average Bonchev–Trinajstić information content (AvgIpc) is 1.63. The van der Waals surface area contributed by atoms with E-state index in [0.29, 0.717) is 11.1 Å². The van der Waals surface area contributed by atoms with Gasteiger partial charge in [0.2, 0.25) is 82.7 Å². The number of primary amides is 1. The van der Waals surface area contributed by atoms with E-state index in [1.165, 1.54) is 48.6 Å². The number of aliphatic hydroxyl groups is 1. The molecule has 43 nitrogen and oxygen atoms in total. The number of H-pyrrole nitrogens is 1. The van der Waals surface area contributed by atoms with Crippen molar-refractivity contribution in [3.8, 4) is 5.75 Å². The Morgan fingerprint density at radius 3 is 1.39 bits per heavy atom. The Labute approximate surface area is 685 Å². The van der Waals surface area contributed by atoms with Crippen molar-refractivity contribution in [2.75, 3.05) is 30.9 Å². The summed E-state index contributed by atoms with van der Waals surface area (Å²) in [4.78, 5) is 263. The topological polar surface area (TPSA) is 694 Å². The van der Waals surface area contributed by atoms with Crippen LogP contribution in [0.2, 0.25) is 0 Å². The minimum absolute atomic E-state index is 0.00507. The van der Waals surface area contributed by atoms with Crippen LogP contribution in [0.1, 0.15) is 121 Å². The molecule has 24 N–H and O–H groups in total. The summed E-state index contributed by atoms with van der Waals surface area (Å²) in [5.41, 5.74) is 12.8. The number of aliphatic hydroxyl groups excluding tert-OH is 1. The number of nitrogens with two attached hydrogens (primary N) is 2. The number of rotatable bonds is 53. The highest BCUT2D eigenvalue weighted by Crippen LogP contribution is 2.23. The van der Waals surface area contributed by atoms with Gasteiger partial charge in [0, 0.05) is 62.7 Å². The molecule has 0 spiro atoms. The number of phenols is 1. The normalized spacial score (nSPS) is 15.7. The van der Waals surface area contributed by atoms with Gasteiger partial charge >= 0.3 is 29.8 Å². The molecule has 45 heteroatoms. The third-order valence-corrected chi connectivity index (χ3v) is 19.2. The first-order chi connectivity index (χ1) is 55.7. The van der Waals surface area contributed by atoms with Crippen molar-refractivity contribution in [2.45, 2.75) is 208 Å². The van der Waals surface area contributed by atoms with Gasteiger partial charge in [-0.15, -0.1) is 0 Å². The molecule has 2 aromatic carbocycles. The van der Waals surface area contributed by atoms with Crippen LogP contribution in [-0.4, -0.2) is 279 Å². The van der Waals surface area contributed by atoms with Gasteiger partial charge in [0.15, 0.2) is 0 Å². The van der Waals surface area contributed by atoms with Crippen LogP contribution in [0.25, 0.3) is 0 Å². The van der Waals surface area contributed by atoms with Gasteiger partial charge in [-0.1, -0.05) is 56.3 Å². The largest absolute Gasteiger partial charge is 0.508 e. The number of phenolic OH excluding ortho intramolecular Hbond substituents is 1. The van der Waals surface area contributed by atoms with E-state index in [4.69, 9.17) is 11.5 Å². The molecule has 2 heterocycles.